The van der Waals surface area contributed by atoms with Crippen molar-refractivity contribution in [3.8, 4) is 0 Å². The van der Waals surface area contributed by atoms with E-state index in [0.717, 1.165) is 60.5 Å². The van der Waals surface area contributed by atoms with Gasteiger partial charge in [0.25, 0.3) is 0 Å². The Morgan fingerprint density at radius 3 is 2.66 bits per heavy atom. The highest BCUT2D eigenvalue weighted by Gasteiger charge is 2.58. The second-order valence-corrected chi connectivity index (χ2v) is 12.6. The molecular formula is C28H47N3O. The fourth-order valence-corrected chi connectivity index (χ4v) is 8.74. The van der Waals surface area contributed by atoms with Crippen LogP contribution in [0.1, 0.15) is 105 Å². The largest absolute Gasteiger partial charge is 0.350 e. The molecule has 4 aliphatic carbocycles. The van der Waals surface area contributed by atoms with Crippen molar-refractivity contribution >= 4 is 11.7 Å². The number of carbonyl (C=O) groups excluding carboxylic acids is 1. The minimum Gasteiger partial charge on any atom is -0.350 e. The number of hydrazone groups is 1. The van der Waals surface area contributed by atoms with Crippen molar-refractivity contribution in [1.82, 2.24) is 5.43 Å². The van der Waals surface area contributed by atoms with Crippen LogP contribution in [0, 0.1) is 46.3 Å². The Labute approximate surface area is 196 Å². The van der Waals surface area contributed by atoms with Gasteiger partial charge < -0.3 is 5.73 Å². The lowest BCUT2D eigenvalue weighted by atomic mass is 9.47. The van der Waals surface area contributed by atoms with Gasteiger partial charge in [-0.3, -0.25) is 0 Å². The first-order chi connectivity index (χ1) is 15.1. The van der Waals surface area contributed by atoms with E-state index in [1.807, 2.05) is 0 Å². The van der Waals surface area contributed by atoms with Gasteiger partial charge in [0.15, 0.2) is 0 Å². The third kappa shape index (κ3) is 4.28. The summed E-state index contributed by atoms with van der Waals surface area (Å²) in [6.45, 7) is 12.5. The maximum atomic E-state index is 11.1. The zero-order valence-electron chi connectivity index (χ0n) is 21.3. The standard InChI is InChI=1S/C28H47N3O/c1-18(2)7-6-8-19(3)23-11-12-24-22-10-9-20-17-21(30-31-26(29)32)13-15-27(20,4)25(22)14-16-28(23,24)5/h9,18-19,22-25H,6-8,10-17H2,1-5H3,(H3,29,31,32)/b30-21+. The number of rotatable bonds is 6. The summed E-state index contributed by atoms with van der Waals surface area (Å²) in [5.41, 5.74) is 11.2. The molecule has 0 aromatic carbocycles. The highest BCUT2D eigenvalue weighted by molar-refractivity contribution is 5.89. The van der Waals surface area contributed by atoms with E-state index < -0.39 is 6.03 Å². The van der Waals surface area contributed by atoms with Crippen molar-refractivity contribution in [2.75, 3.05) is 0 Å². The topological polar surface area (TPSA) is 67.5 Å². The Balaban J connectivity index is 1.47. The Hall–Kier alpha value is -1.32. The molecule has 4 heteroatoms. The molecule has 3 fully saturated rings. The molecule has 32 heavy (non-hydrogen) atoms. The summed E-state index contributed by atoms with van der Waals surface area (Å²) in [7, 11) is 0. The fourth-order valence-electron chi connectivity index (χ4n) is 8.74. The number of urea groups is 1. The number of hydrogen-bond acceptors (Lipinski definition) is 2. The van der Waals surface area contributed by atoms with Gasteiger partial charge in [-0.2, -0.15) is 5.10 Å². The average molecular weight is 442 g/mol. The fraction of sp³-hybridized carbons (Fsp3) is 0.857. The number of nitrogens with two attached hydrogens (primary N) is 1. The molecule has 4 rings (SSSR count). The molecule has 0 heterocycles. The van der Waals surface area contributed by atoms with E-state index in [1.54, 1.807) is 5.57 Å². The third-order valence-corrected chi connectivity index (χ3v) is 10.5. The molecule has 4 nitrogen and oxygen atoms in total. The summed E-state index contributed by atoms with van der Waals surface area (Å²) in [5, 5.41) is 4.29. The Bertz CT molecular complexity index is 771. The zero-order chi connectivity index (χ0) is 23.1. The van der Waals surface area contributed by atoms with Crippen LogP contribution >= 0.6 is 0 Å². The van der Waals surface area contributed by atoms with Gasteiger partial charge in [0, 0.05) is 12.1 Å². The number of fused-ring (bicyclic) bond motifs is 5. The molecule has 0 aliphatic heterocycles. The van der Waals surface area contributed by atoms with Gasteiger partial charge in [-0.05, 0) is 91.3 Å². The molecule has 4 aliphatic rings. The maximum Gasteiger partial charge on any atom is 0.332 e. The van der Waals surface area contributed by atoms with Crippen LogP contribution in [0.15, 0.2) is 16.8 Å². The lowest BCUT2D eigenvalue weighted by Gasteiger charge is -2.58. The highest BCUT2D eigenvalue weighted by atomic mass is 16.2. The smallest absolute Gasteiger partial charge is 0.332 e. The molecule has 0 spiro atoms. The van der Waals surface area contributed by atoms with Crippen LogP contribution in [-0.4, -0.2) is 11.7 Å². The summed E-state index contributed by atoms with van der Waals surface area (Å²) in [5.74, 6) is 5.21. The van der Waals surface area contributed by atoms with Crippen LogP contribution in [0.2, 0.25) is 0 Å². The lowest BCUT2D eigenvalue weighted by molar-refractivity contribution is -0.0468. The first-order valence-electron chi connectivity index (χ1n) is 13.5. The lowest BCUT2D eigenvalue weighted by Crippen LogP contribution is -2.50. The summed E-state index contributed by atoms with van der Waals surface area (Å²) >= 11 is 0. The third-order valence-electron chi connectivity index (χ3n) is 10.5. The normalized spacial score (nSPS) is 40.9. The van der Waals surface area contributed by atoms with Crippen LogP contribution in [0.3, 0.4) is 0 Å². The summed E-state index contributed by atoms with van der Waals surface area (Å²) < 4.78 is 0. The number of primary amides is 1. The van der Waals surface area contributed by atoms with Gasteiger partial charge in [-0.25, -0.2) is 10.2 Å². The van der Waals surface area contributed by atoms with Crippen molar-refractivity contribution in [1.29, 1.82) is 0 Å². The molecule has 180 valence electrons. The van der Waals surface area contributed by atoms with Crippen LogP contribution in [0.25, 0.3) is 0 Å². The van der Waals surface area contributed by atoms with Crippen LogP contribution in [-0.2, 0) is 0 Å². The molecule has 0 aromatic heterocycles. The van der Waals surface area contributed by atoms with E-state index in [2.05, 4.69) is 51.2 Å². The summed E-state index contributed by atoms with van der Waals surface area (Å²) in [6, 6.07) is -0.565. The van der Waals surface area contributed by atoms with Crippen molar-refractivity contribution in [2.45, 2.75) is 105 Å². The first-order valence-corrected chi connectivity index (χ1v) is 13.5. The maximum absolute atomic E-state index is 11.1. The summed E-state index contributed by atoms with van der Waals surface area (Å²) in [4.78, 5) is 11.1. The quantitative estimate of drug-likeness (QED) is 0.336. The summed E-state index contributed by atoms with van der Waals surface area (Å²) in [6.07, 6.45) is 16.8. The van der Waals surface area contributed by atoms with Crippen LogP contribution in [0.5, 0.6) is 0 Å². The molecule has 0 saturated heterocycles. The van der Waals surface area contributed by atoms with Gasteiger partial charge in [0.2, 0.25) is 0 Å². The second-order valence-electron chi connectivity index (χ2n) is 12.6. The molecule has 0 radical (unpaired) electrons. The highest BCUT2D eigenvalue weighted by Crippen LogP contribution is 2.67. The molecule has 7 atom stereocenters. The van der Waals surface area contributed by atoms with Crippen molar-refractivity contribution < 1.29 is 4.79 Å². The van der Waals surface area contributed by atoms with E-state index >= 15 is 0 Å². The Kier molecular flexibility index (Phi) is 6.81. The van der Waals surface area contributed by atoms with Gasteiger partial charge in [0.05, 0.1) is 0 Å². The number of amides is 2. The second kappa shape index (κ2) is 9.14. The molecule has 3 N–H and O–H groups in total. The SMILES string of the molecule is CC(C)CCCC(C)C1CCC2C3CC=C4C/C(=N/NC(N)=O)CCC4(C)C3CCC12C. The number of carbonyl (C=O) groups is 1. The molecular weight excluding hydrogens is 394 g/mol. The monoisotopic (exact) mass is 441 g/mol. The van der Waals surface area contributed by atoms with Crippen molar-refractivity contribution in [2.24, 2.45) is 57.2 Å². The van der Waals surface area contributed by atoms with E-state index in [0.29, 0.717) is 10.8 Å². The minimum absolute atomic E-state index is 0.316. The number of hydrogen-bond donors (Lipinski definition) is 2. The molecule has 3 saturated carbocycles. The number of allylic oxidation sites excluding steroid dienone is 2. The Morgan fingerprint density at radius 2 is 1.94 bits per heavy atom. The van der Waals surface area contributed by atoms with Crippen molar-refractivity contribution in [3.63, 3.8) is 0 Å². The van der Waals surface area contributed by atoms with Gasteiger partial charge in [-0.1, -0.05) is 65.5 Å². The minimum atomic E-state index is -0.565. The molecule has 7 unspecified atom stereocenters. The predicted octanol–water partition coefficient (Wildman–Crippen LogP) is 7.05. The number of nitrogens with zero attached hydrogens (tertiary/aromatic N) is 1. The molecule has 0 bridgehead atoms. The van der Waals surface area contributed by atoms with E-state index in [4.69, 9.17) is 5.73 Å². The van der Waals surface area contributed by atoms with Crippen LogP contribution < -0.4 is 11.2 Å². The predicted molar refractivity (Wildman–Crippen MR) is 133 cm³/mol. The van der Waals surface area contributed by atoms with E-state index in [-0.39, 0.29) is 0 Å². The van der Waals surface area contributed by atoms with E-state index in [1.165, 1.54) is 51.4 Å². The van der Waals surface area contributed by atoms with E-state index in [9.17, 15) is 4.79 Å². The molecule has 2 amide bonds. The molecule has 0 aromatic rings. The van der Waals surface area contributed by atoms with Crippen molar-refractivity contribution in [3.05, 3.63) is 11.6 Å². The van der Waals surface area contributed by atoms with Gasteiger partial charge in [0.1, 0.15) is 0 Å². The Morgan fingerprint density at radius 1 is 1.16 bits per heavy atom. The van der Waals surface area contributed by atoms with Crippen LogP contribution in [0.4, 0.5) is 4.79 Å². The first kappa shape index (κ1) is 23.8. The van der Waals surface area contributed by atoms with Gasteiger partial charge >= 0.3 is 6.03 Å². The average Bonchev–Trinajstić information content (AvgIpc) is 3.09. The zero-order valence-corrected chi connectivity index (χ0v) is 21.3. The van der Waals surface area contributed by atoms with Gasteiger partial charge in [-0.15, -0.1) is 0 Å². The number of nitrogens with one attached hydrogen (secondary N) is 1.